The minimum Gasteiger partial charge on any atom is -0.482 e. The van der Waals surface area contributed by atoms with Crippen molar-refractivity contribution in [1.82, 2.24) is 10.2 Å². The Labute approximate surface area is 230 Å². The fourth-order valence-electron chi connectivity index (χ4n) is 3.92. The quantitative estimate of drug-likeness (QED) is 0.242. The van der Waals surface area contributed by atoms with E-state index in [2.05, 4.69) is 5.32 Å². The van der Waals surface area contributed by atoms with E-state index in [4.69, 9.17) is 27.9 Å². The molecule has 38 heavy (non-hydrogen) atoms. The van der Waals surface area contributed by atoms with Gasteiger partial charge < -0.3 is 15.0 Å². The van der Waals surface area contributed by atoms with Crippen molar-refractivity contribution < 1.29 is 18.7 Å². The third-order valence-corrected chi connectivity index (χ3v) is 6.54. The molecule has 2 amide bonds. The Morgan fingerprint density at radius 2 is 1.45 bits per heavy atom. The molecule has 0 saturated carbocycles. The second-order valence-electron chi connectivity index (χ2n) is 8.49. The second kappa shape index (κ2) is 13.1. The van der Waals surface area contributed by atoms with Gasteiger partial charge in [0.15, 0.2) is 6.61 Å². The lowest BCUT2D eigenvalue weighted by Gasteiger charge is -2.31. The number of para-hydroxylation sites is 1. The molecule has 4 aromatic rings. The monoisotopic (exact) mass is 550 g/mol. The zero-order valence-corrected chi connectivity index (χ0v) is 21.8. The maximum atomic E-state index is 13.7. The Kier molecular flexibility index (Phi) is 9.35. The van der Waals surface area contributed by atoms with Gasteiger partial charge in [0.1, 0.15) is 17.6 Å². The van der Waals surface area contributed by atoms with Crippen LogP contribution in [0.1, 0.15) is 22.7 Å². The van der Waals surface area contributed by atoms with Crippen LogP contribution in [0.5, 0.6) is 5.75 Å². The summed E-state index contributed by atoms with van der Waals surface area (Å²) < 4.78 is 19.3. The number of ether oxygens (including phenoxy) is 1. The summed E-state index contributed by atoms with van der Waals surface area (Å²) in [7, 11) is 0. The molecule has 0 bridgehead atoms. The van der Waals surface area contributed by atoms with E-state index in [1.807, 2.05) is 24.3 Å². The minimum atomic E-state index is -0.994. The average Bonchev–Trinajstić information content (AvgIpc) is 2.93. The Bertz CT molecular complexity index is 1380. The SMILES string of the molecule is O=C(NCc1ccccc1Cl)[C@@H](c1ccccc1)N(Cc1ccc(F)cc1)C(=O)COc1ccccc1Cl. The lowest BCUT2D eigenvalue weighted by atomic mass is 10.0. The molecule has 0 aromatic heterocycles. The van der Waals surface area contributed by atoms with Gasteiger partial charge in [-0.15, -0.1) is 0 Å². The highest BCUT2D eigenvalue weighted by atomic mass is 35.5. The van der Waals surface area contributed by atoms with Crippen molar-refractivity contribution >= 4 is 35.0 Å². The van der Waals surface area contributed by atoms with Gasteiger partial charge in [0.2, 0.25) is 5.91 Å². The van der Waals surface area contributed by atoms with Crippen LogP contribution in [0.4, 0.5) is 4.39 Å². The number of nitrogens with one attached hydrogen (secondary N) is 1. The molecule has 0 spiro atoms. The van der Waals surface area contributed by atoms with E-state index in [1.165, 1.54) is 17.0 Å². The average molecular weight is 551 g/mol. The molecule has 0 aliphatic rings. The van der Waals surface area contributed by atoms with Gasteiger partial charge in [-0.1, -0.05) is 96.0 Å². The Morgan fingerprint density at radius 3 is 2.13 bits per heavy atom. The number of amides is 2. The van der Waals surface area contributed by atoms with Crippen LogP contribution in [-0.4, -0.2) is 23.3 Å². The molecule has 0 unspecified atom stereocenters. The predicted molar refractivity (Wildman–Crippen MR) is 146 cm³/mol. The molecule has 0 radical (unpaired) electrons. The van der Waals surface area contributed by atoms with Crippen molar-refractivity contribution in [2.24, 2.45) is 0 Å². The predicted octanol–water partition coefficient (Wildman–Crippen LogP) is 6.60. The van der Waals surface area contributed by atoms with Gasteiger partial charge >= 0.3 is 0 Å². The van der Waals surface area contributed by atoms with Crippen LogP contribution in [0.15, 0.2) is 103 Å². The molecule has 8 heteroatoms. The number of rotatable bonds is 10. The number of carbonyl (C=O) groups excluding carboxylic acids is 2. The van der Waals surface area contributed by atoms with Crippen molar-refractivity contribution in [2.75, 3.05) is 6.61 Å². The number of hydrogen-bond donors (Lipinski definition) is 1. The van der Waals surface area contributed by atoms with Crippen molar-refractivity contribution in [3.63, 3.8) is 0 Å². The van der Waals surface area contributed by atoms with Gasteiger partial charge in [0.05, 0.1) is 5.02 Å². The fourth-order valence-corrected chi connectivity index (χ4v) is 4.32. The van der Waals surface area contributed by atoms with Crippen LogP contribution in [0.25, 0.3) is 0 Å². The van der Waals surface area contributed by atoms with E-state index in [9.17, 15) is 14.0 Å². The van der Waals surface area contributed by atoms with Crippen LogP contribution in [0.3, 0.4) is 0 Å². The molecule has 0 aliphatic carbocycles. The summed E-state index contributed by atoms with van der Waals surface area (Å²) in [5.74, 6) is -0.894. The Morgan fingerprint density at radius 1 is 0.816 bits per heavy atom. The molecule has 0 fully saturated rings. The van der Waals surface area contributed by atoms with E-state index in [-0.39, 0.29) is 19.7 Å². The molecule has 4 aromatic carbocycles. The molecule has 0 aliphatic heterocycles. The maximum Gasteiger partial charge on any atom is 0.261 e. The van der Waals surface area contributed by atoms with Crippen LogP contribution in [0.2, 0.25) is 10.0 Å². The fraction of sp³-hybridized carbons (Fsp3) is 0.133. The summed E-state index contributed by atoms with van der Waals surface area (Å²) in [5.41, 5.74) is 2.00. The molecule has 1 atom stereocenters. The van der Waals surface area contributed by atoms with Crippen molar-refractivity contribution in [2.45, 2.75) is 19.1 Å². The molecule has 194 valence electrons. The van der Waals surface area contributed by atoms with Gasteiger partial charge in [-0.2, -0.15) is 0 Å². The highest BCUT2D eigenvalue weighted by molar-refractivity contribution is 6.32. The summed E-state index contributed by atoms with van der Waals surface area (Å²) in [6, 6.07) is 27.8. The van der Waals surface area contributed by atoms with Crippen molar-refractivity contribution in [3.8, 4) is 5.75 Å². The molecule has 0 saturated heterocycles. The maximum absolute atomic E-state index is 13.7. The van der Waals surface area contributed by atoms with Crippen molar-refractivity contribution in [1.29, 1.82) is 0 Å². The number of benzene rings is 4. The lowest BCUT2D eigenvalue weighted by molar-refractivity contribution is -0.143. The molecule has 5 nitrogen and oxygen atoms in total. The molecular formula is C30H25Cl2FN2O3. The Hall–Kier alpha value is -3.87. The van der Waals surface area contributed by atoms with Crippen LogP contribution in [-0.2, 0) is 22.7 Å². The summed E-state index contributed by atoms with van der Waals surface area (Å²) in [5, 5.41) is 3.80. The molecule has 0 heterocycles. The number of carbonyl (C=O) groups is 2. The molecule has 4 rings (SSSR count). The van der Waals surface area contributed by atoms with Crippen LogP contribution in [0, 0.1) is 5.82 Å². The standard InChI is InChI=1S/C30H25Cl2FN2O3/c31-25-11-5-4-10-23(25)18-34-30(37)29(22-8-2-1-3-9-22)35(19-21-14-16-24(33)17-15-21)28(36)20-38-27-13-7-6-12-26(27)32/h1-17,29H,18-20H2,(H,34,37)/t29-/m1/s1. The number of nitrogens with zero attached hydrogens (tertiary/aromatic N) is 1. The topological polar surface area (TPSA) is 58.6 Å². The summed E-state index contributed by atoms with van der Waals surface area (Å²) in [4.78, 5) is 28.7. The first-order chi connectivity index (χ1) is 18.4. The second-order valence-corrected chi connectivity index (χ2v) is 9.30. The lowest BCUT2D eigenvalue weighted by Crippen LogP contribution is -2.45. The Balaban J connectivity index is 1.64. The van der Waals surface area contributed by atoms with Gasteiger partial charge in [-0.25, -0.2) is 4.39 Å². The van der Waals surface area contributed by atoms with E-state index in [0.717, 1.165) is 5.56 Å². The van der Waals surface area contributed by atoms with E-state index in [0.29, 0.717) is 26.9 Å². The third kappa shape index (κ3) is 7.12. The summed E-state index contributed by atoms with van der Waals surface area (Å²) in [6.45, 7) is -0.132. The smallest absolute Gasteiger partial charge is 0.261 e. The summed E-state index contributed by atoms with van der Waals surface area (Å²) in [6.07, 6.45) is 0. The van der Waals surface area contributed by atoms with Crippen LogP contribution >= 0.6 is 23.2 Å². The molecule has 1 N–H and O–H groups in total. The zero-order chi connectivity index (χ0) is 26.9. The first-order valence-corrected chi connectivity index (χ1v) is 12.7. The zero-order valence-electron chi connectivity index (χ0n) is 20.3. The number of hydrogen-bond acceptors (Lipinski definition) is 3. The normalized spacial score (nSPS) is 11.4. The van der Waals surface area contributed by atoms with E-state index in [1.54, 1.807) is 66.7 Å². The van der Waals surface area contributed by atoms with Crippen LogP contribution < -0.4 is 10.1 Å². The van der Waals surface area contributed by atoms with Gasteiger partial charge in [0.25, 0.3) is 5.91 Å². The summed E-state index contributed by atoms with van der Waals surface area (Å²) >= 11 is 12.5. The van der Waals surface area contributed by atoms with Gasteiger partial charge in [-0.3, -0.25) is 9.59 Å². The minimum absolute atomic E-state index is 0.0457. The van der Waals surface area contributed by atoms with Gasteiger partial charge in [-0.05, 0) is 47.0 Å². The first kappa shape index (κ1) is 27.2. The third-order valence-electron chi connectivity index (χ3n) is 5.86. The van der Waals surface area contributed by atoms with Crippen molar-refractivity contribution in [3.05, 3.63) is 136 Å². The first-order valence-electron chi connectivity index (χ1n) is 11.9. The van der Waals surface area contributed by atoms with E-state index >= 15 is 0 Å². The highest BCUT2D eigenvalue weighted by Crippen LogP contribution is 2.27. The molecular weight excluding hydrogens is 526 g/mol. The number of halogens is 3. The highest BCUT2D eigenvalue weighted by Gasteiger charge is 2.32. The van der Waals surface area contributed by atoms with E-state index < -0.39 is 23.7 Å². The van der Waals surface area contributed by atoms with Gasteiger partial charge in [0, 0.05) is 18.1 Å². The largest absolute Gasteiger partial charge is 0.482 e.